The Hall–Kier alpha value is -3.73. The van der Waals surface area contributed by atoms with Crippen LogP contribution in [-0.2, 0) is 16.1 Å². The number of phenols is 1. The molecule has 2 heterocycles. The number of pyridine rings is 1. The van der Waals surface area contributed by atoms with Crippen molar-refractivity contribution in [3.8, 4) is 5.75 Å². The highest BCUT2D eigenvalue weighted by Gasteiger charge is 2.35. The smallest absolute Gasteiger partial charge is 0.248 e. The van der Waals surface area contributed by atoms with Crippen LogP contribution in [0.15, 0.2) is 53.3 Å². The molecule has 0 radical (unpaired) electrons. The number of anilines is 1. The fourth-order valence-electron chi connectivity index (χ4n) is 6.66. The second-order valence-electron chi connectivity index (χ2n) is 12.4. The number of hydrogen-bond donors (Lipinski definition) is 5. The lowest BCUT2D eigenvalue weighted by Gasteiger charge is -2.20. The van der Waals surface area contributed by atoms with Gasteiger partial charge in [0.15, 0.2) is 0 Å². The van der Waals surface area contributed by atoms with Crippen molar-refractivity contribution >= 4 is 28.4 Å². The van der Waals surface area contributed by atoms with Gasteiger partial charge in [0.25, 0.3) is 0 Å². The first-order valence-electron chi connectivity index (χ1n) is 15.9. The number of carbonyl (C=O) groups excluding carboxylic acids is 2. The van der Waals surface area contributed by atoms with Crippen LogP contribution >= 0.6 is 0 Å². The van der Waals surface area contributed by atoms with E-state index in [9.17, 15) is 24.6 Å². The first-order valence-corrected chi connectivity index (χ1v) is 15.9. The average Bonchev–Trinajstić information content (AvgIpc) is 3.62. The van der Waals surface area contributed by atoms with E-state index in [-0.39, 0.29) is 29.7 Å². The van der Waals surface area contributed by atoms with E-state index in [0.717, 1.165) is 55.6 Å². The predicted octanol–water partition coefficient (Wildman–Crippen LogP) is 3.75. The highest BCUT2D eigenvalue weighted by Crippen LogP contribution is 2.37. The van der Waals surface area contributed by atoms with Crippen LogP contribution in [0.2, 0.25) is 0 Å². The van der Waals surface area contributed by atoms with Crippen molar-refractivity contribution in [3.63, 3.8) is 0 Å². The molecule has 2 aliphatic rings. The van der Waals surface area contributed by atoms with Crippen LogP contribution in [0.3, 0.4) is 0 Å². The molecule has 5 rings (SSSR count). The summed E-state index contributed by atoms with van der Waals surface area (Å²) in [5.41, 5.74) is 2.31. The molecule has 1 aliphatic carbocycles. The van der Waals surface area contributed by atoms with E-state index >= 15 is 0 Å². The molecule has 1 aliphatic heterocycles. The monoisotopic (exact) mass is 603 g/mol. The van der Waals surface area contributed by atoms with Crippen molar-refractivity contribution in [3.05, 3.63) is 70.0 Å². The number of nitrogens with one attached hydrogen (secondary N) is 3. The topological polar surface area (TPSA) is 138 Å². The zero-order chi connectivity index (χ0) is 31.1. The molecule has 44 heavy (non-hydrogen) atoms. The largest absolute Gasteiger partial charge is 0.506 e. The lowest BCUT2D eigenvalue weighted by atomic mass is 10.0. The van der Waals surface area contributed by atoms with Gasteiger partial charge in [0, 0.05) is 76.3 Å². The minimum Gasteiger partial charge on any atom is -0.506 e. The molecule has 3 unspecified atom stereocenters. The van der Waals surface area contributed by atoms with Crippen LogP contribution < -0.4 is 16.2 Å². The number of phenolic OH excluding ortho intramolecular Hbond substituents is 1. The molecule has 0 bridgehead atoms. The van der Waals surface area contributed by atoms with E-state index in [2.05, 4.69) is 20.5 Å². The molecular formula is C34H45N5O5. The number of aliphatic hydroxyl groups is 1. The van der Waals surface area contributed by atoms with Crippen molar-refractivity contribution in [2.45, 2.75) is 57.6 Å². The fraction of sp³-hybridized carbons (Fsp3) is 0.500. The van der Waals surface area contributed by atoms with E-state index in [1.54, 1.807) is 17.0 Å². The zero-order valence-electron chi connectivity index (χ0n) is 25.6. The molecule has 10 nitrogen and oxygen atoms in total. The third-order valence-corrected chi connectivity index (χ3v) is 9.19. The number of aromatic amines is 1. The predicted molar refractivity (Wildman–Crippen MR) is 171 cm³/mol. The molecule has 1 saturated heterocycles. The zero-order valence-corrected chi connectivity index (χ0v) is 25.6. The highest BCUT2D eigenvalue weighted by atomic mass is 16.3. The average molecular weight is 604 g/mol. The minimum absolute atomic E-state index is 0.0437. The molecule has 2 fully saturated rings. The summed E-state index contributed by atoms with van der Waals surface area (Å²) in [6, 6.07) is 13.6. The second-order valence-corrected chi connectivity index (χ2v) is 12.4. The molecule has 3 aromatic rings. The van der Waals surface area contributed by atoms with Gasteiger partial charge in [0.1, 0.15) is 5.75 Å². The maximum absolute atomic E-state index is 12.6. The Labute approximate surface area is 258 Å². The number of unbranched alkanes of at least 4 members (excludes halogenated alkanes) is 1. The van der Waals surface area contributed by atoms with Crippen LogP contribution in [0.1, 0.15) is 62.2 Å². The first kappa shape index (κ1) is 31.7. The number of H-pyrrole nitrogens is 1. The number of fused-ring (bicyclic) bond motifs is 2. The van der Waals surface area contributed by atoms with Gasteiger partial charge in [-0.15, -0.1) is 0 Å². The van der Waals surface area contributed by atoms with Gasteiger partial charge < -0.3 is 35.6 Å². The number of aromatic nitrogens is 1. The molecule has 3 atom stereocenters. The van der Waals surface area contributed by atoms with Crippen LogP contribution in [0.4, 0.5) is 5.69 Å². The van der Waals surface area contributed by atoms with Crippen molar-refractivity contribution in [2.24, 2.45) is 11.8 Å². The number of benzene rings is 2. The quantitative estimate of drug-likeness (QED) is 0.177. The summed E-state index contributed by atoms with van der Waals surface area (Å²) in [5.74, 6) is 1.80. The van der Waals surface area contributed by atoms with Crippen LogP contribution in [-0.4, -0.2) is 76.6 Å². The number of carbonyl (C=O) groups is 2. The number of amides is 2. The van der Waals surface area contributed by atoms with Crippen LogP contribution in [0, 0.1) is 11.8 Å². The minimum atomic E-state index is -0.838. The Morgan fingerprint density at radius 2 is 1.77 bits per heavy atom. The summed E-state index contributed by atoms with van der Waals surface area (Å²) in [6.07, 6.45) is 5.72. The van der Waals surface area contributed by atoms with Gasteiger partial charge >= 0.3 is 0 Å². The Morgan fingerprint density at radius 1 is 1.02 bits per heavy atom. The number of aliphatic hydroxyl groups excluding tert-OH is 1. The Morgan fingerprint density at radius 3 is 2.52 bits per heavy atom. The van der Waals surface area contributed by atoms with Crippen LogP contribution in [0.25, 0.3) is 10.9 Å². The molecule has 1 aromatic heterocycles. The van der Waals surface area contributed by atoms with E-state index in [1.165, 1.54) is 31.4 Å². The Bertz CT molecular complexity index is 1480. The number of likely N-dealkylation sites (tertiary alicyclic amines) is 1. The second kappa shape index (κ2) is 14.8. The maximum atomic E-state index is 12.6. The number of hydrogen-bond acceptors (Lipinski definition) is 7. The van der Waals surface area contributed by atoms with E-state index < -0.39 is 6.10 Å². The number of rotatable bonds is 14. The van der Waals surface area contributed by atoms with Gasteiger partial charge in [-0.1, -0.05) is 24.6 Å². The highest BCUT2D eigenvalue weighted by molar-refractivity contribution is 5.90. The van der Waals surface area contributed by atoms with E-state index in [1.807, 2.05) is 31.3 Å². The lowest BCUT2D eigenvalue weighted by molar-refractivity contribution is -0.130. The number of nitrogens with zero attached hydrogens (tertiary/aromatic N) is 2. The van der Waals surface area contributed by atoms with Crippen LogP contribution in [0.5, 0.6) is 5.75 Å². The standard InChI is InChI=1S/C34H45N5O5/c1-38(33(44)16-18-39-21-24-5-4-6-25(24)22-39)17-3-2-7-31(42)36-26-10-8-23(9-11-26)19-35-20-30(41)27-12-14-29(40)34-28(27)13-15-32(43)37-34/h8-15,24-25,30,35,40-41H,2-7,16-22H2,1H3,(H,36,42)(H,37,43). The van der Waals surface area contributed by atoms with Crippen molar-refractivity contribution in [2.75, 3.05) is 45.1 Å². The third-order valence-electron chi connectivity index (χ3n) is 9.19. The summed E-state index contributed by atoms with van der Waals surface area (Å²) < 4.78 is 0. The molecule has 10 heteroatoms. The SMILES string of the molecule is CN(CCCCC(=O)Nc1ccc(CNCC(O)c2ccc(O)c3[nH]c(=O)ccc23)cc1)C(=O)CCN1CC2CCCC2C1. The van der Waals surface area contributed by atoms with Gasteiger partial charge in [-0.05, 0) is 72.9 Å². The summed E-state index contributed by atoms with van der Waals surface area (Å²) in [7, 11) is 1.86. The van der Waals surface area contributed by atoms with Gasteiger partial charge in [-0.2, -0.15) is 0 Å². The maximum Gasteiger partial charge on any atom is 0.248 e. The Kier molecular flexibility index (Phi) is 10.7. The Balaban J connectivity index is 0.960. The molecule has 0 spiro atoms. The van der Waals surface area contributed by atoms with Crippen molar-refractivity contribution in [1.29, 1.82) is 0 Å². The summed E-state index contributed by atoms with van der Waals surface area (Å²) in [6.45, 7) is 4.63. The van der Waals surface area contributed by atoms with Crippen molar-refractivity contribution < 1.29 is 19.8 Å². The van der Waals surface area contributed by atoms with Gasteiger partial charge in [-0.25, -0.2) is 0 Å². The lowest BCUT2D eigenvalue weighted by Crippen LogP contribution is -2.32. The normalized spacial score (nSPS) is 18.8. The molecule has 2 amide bonds. The summed E-state index contributed by atoms with van der Waals surface area (Å²) >= 11 is 0. The summed E-state index contributed by atoms with van der Waals surface area (Å²) in [5, 5.41) is 27.5. The molecule has 5 N–H and O–H groups in total. The summed E-state index contributed by atoms with van der Waals surface area (Å²) in [4.78, 5) is 43.5. The molecule has 236 valence electrons. The van der Waals surface area contributed by atoms with Gasteiger partial charge in [0.2, 0.25) is 17.4 Å². The van der Waals surface area contributed by atoms with Crippen molar-refractivity contribution in [1.82, 2.24) is 20.1 Å². The van der Waals surface area contributed by atoms with Gasteiger partial charge in [0.05, 0.1) is 11.6 Å². The fourth-order valence-corrected chi connectivity index (χ4v) is 6.66. The molecule has 1 saturated carbocycles. The number of aromatic hydroxyl groups is 1. The molecular weight excluding hydrogens is 558 g/mol. The van der Waals surface area contributed by atoms with E-state index in [0.29, 0.717) is 42.4 Å². The van der Waals surface area contributed by atoms with E-state index in [4.69, 9.17) is 0 Å². The first-order chi connectivity index (χ1) is 21.3. The van der Waals surface area contributed by atoms with Gasteiger partial charge in [-0.3, -0.25) is 14.4 Å². The molecule has 2 aromatic carbocycles. The third kappa shape index (κ3) is 8.25.